The maximum Gasteiger partial charge on any atom is 0.257 e. The number of Topliss-reactive ketones (excluding diaryl/α,β-unsaturated/α-hetero) is 1. The van der Waals surface area contributed by atoms with Crippen molar-refractivity contribution in [1.29, 1.82) is 0 Å². The van der Waals surface area contributed by atoms with Gasteiger partial charge in [-0.1, -0.05) is 29.3 Å². The first-order valence-electron chi connectivity index (χ1n) is 9.96. The zero-order valence-electron chi connectivity index (χ0n) is 16.5. The Balaban J connectivity index is 1.74. The quantitative estimate of drug-likeness (QED) is 0.301. The van der Waals surface area contributed by atoms with Crippen LogP contribution in [-0.2, 0) is 19.2 Å². The predicted molar refractivity (Wildman–Crippen MR) is 108 cm³/mol. The highest BCUT2D eigenvalue weighted by atomic mass is 35.5. The highest BCUT2D eigenvalue weighted by molar-refractivity contribution is 6.32. The van der Waals surface area contributed by atoms with Crippen molar-refractivity contribution >= 4 is 35.0 Å². The van der Waals surface area contributed by atoms with Crippen LogP contribution in [0.25, 0.3) is 0 Å². The number of phenolic OH excluding ortho intramolecular Hbond substituents is 1. The van der Waals surface area contributed by atoms with Crippen LogP contribution in [-0.4, -0.2) is 38.8 Å². The van der Waals surface area contributed by atoms with Gasteiger partial charge in [-0.3, -0.25) is 24.4 Å². The Morgan fingerprint density at radius 2 is 1.84 bits per heavy atom. The first-order chi connectivity index (χ1) is 14.7. The number of aromatic hydroxyl groups is 1. The number of carbonyl (C=O) groups is 4. The molecule has 0 bridgehead atoms. The number of hydroxylamine groups is 2. The third-order valence-corrected chi connectivity index (χ3v) is 7.16. The summed E-state index contributed by atoms with van der Waals surface area (Å²) in [6.07, 6.45) is 3.50. The number of carbonyl (C=O) groups excluding carboxylic acids is 4. The molecule has 3 aliphatic carbocycles. The molecule has 1 aromatic carbocycles. The van der Waals surface area contributed by atoms with Crippen LogP contribution in [0.4, 0.5) is 0 Å². The van der Waals surface area contributed by atoms with Crippen LogP contribution in [0, 0.1) is 17.8 Å². The monoisotopic (exact) mass is 439 g/mol. The molecular formula is C23H18ClNO6. The van der Waals surface area contributed by atoms with Crippen molar-refractivity contribution in [1.82, 2.24) is 5.06 Å². The normalized spacial score (nSPS) is 30.1. The molecule has 0 spiro atoms. The molecule has 0 saturated carbocycles. The van der Waals surface area contributed by atoms with Gasteiger partial charge < -0.3 is 5.11 Å². The smallest absolute Gasteiger partial charge is 0.257 e. The SMILES string of the molecule is CC1=CC(=O)C2=C(C1=O)C(c1ccc(O)cc1Cl)C1=CCC3C(=O)N(O)C(=O)C3C1C2. The van der Waals surface area contributed by atoms with Gasteiger partial charge in [-0.05, 0) is 49.5 Å². The van der Waals surface area contributed by atoms with E-state index in [9.17, 15) is 29.5 Å². The van der Waals surface area contributed by atoms with E-state index in [2.05, 4.69) is 0 Å². The molecule has 4 aliphatic rings. The number of allylic oxidation sites excluding steroid dienone is 6. The molecule has 4 unspecified atom stereocenters. The van der Waals surface area contributed by atoms with Crippen LogP contribution in [0.5, 0.6) is 5.75 Å². The van der Waals surface area contributed by atoms with Gasteiger partial charge in [0.1, 0.15) is 5.75 Å². The number of amides is 2. The topological polar surface area (TPSA) is 112 Å². The number of hydrogen-bond donors (Lipinski definition) is 2. The first-order valence-corrected chi connectivity index (χ1v) is 10.3. The lowest BCUT2D eigenvalue weighted by molar-refractivity contribution is -0.173. The lowest BCUT2D eigenvalue weighted by atomic mass is 9.59. The summed E-state index contributed by atoms with van der Waals surface area (Å²) < 4.78 is 0. The zero-order chi connectivity index (χ0) is 22.2. The van der Waals surface area contributed by atoms with E-state index in [0.717, 1.165) is 5.57 Å². The van der Waals surface area contributed by atoms with E-state index in [1.54, 1.807) is 13.0 Å². The molecule has 2 N–H and O–H groups in total. The summed E-state index contributed by atoms with van der Waals surface area (Å²) >= 11 is 6.44. The van der Waals surface area contributed by atoms with Gasteiger partial charge in [0.2, 0.25) is 0 Å². The second-order valence-electron chi connectivity index (χ2n) is 8.42. The molecule has 2 amide bonds. The van der Waals surface area contributed by atoms with Crippen LogP contribution in [0.2, 0.25) is 5.02 Å². The van der Waals surface area contributed by atoms with Crippen molar-refractivity contribution in [2.24, 2.45) is 17.8 Å². The molecule has 1 aromatic rings. The molecule has 1 heterocycles. The Labute approximate surface area is 182 Å². The summed E-state index contributed by atoms with van der Waals surface area (Å²) in [7, 11) is 0. The number of halogens is 1. The molecule has 0 radical (unpaired) electrons. The standard InChI is InChI=1S/C23H18ClNO6/c1-9-6-17(27)15-8-14-11(4-5-13-19(14)23(30)25(31)22(13)29)18(20(15)21(9)28)12-3-2-10(26)7-16(12)24/h2-4,6-7,13-14,18-19,26,31H,5,8H2,1H3. The van der Waals surface area contributed by atoms with E-state index in [1.807, 2.05) is 6.08 Å². The van der Waals surface area contributed by atoms with Gasteiger partial charge >= 0.3 is 0 Å². The fourth-order valence-corrected chi connectivity index (χ4v) is 5.73. The Hall–Kier alpha value is -3.03. The number of nitrogens with zero attached hydrogens (tertiary/aromatic N) is 1. The van der Waals surface area contributed by atoms with Crippen molar-refractivity contribution in [2.75, 3.05) is 0 Å². The van der Waals surface area contributed by atoms with Gasteiger partial charge in [-0.2, -0.15) is 5.06 Å². The molecule has 1 fully saturated rings. The lowest BCUT2D eigenvalue weighted by Crippen LogP contribution is -2.39. The van der Waals surface area contributed by atoms with E-state index in [4.69, 9.17) is 11.6 Å². The Morgan fingerprint density at radius 1 is 1.10 bits per heavy atom. The Morgan fingerprint density at radius 3 is 2.55 bits per heavy atom. The maximum absolute atomic E-state index is 13.2. The molecule has 31 heavy (non-hydrogen) atoms. The van der Waals surface area contributed by atoms with Crippen LogP contribution in [0.1, 0.15) is 31.2 Å². The number of hydrogen-bond acceptors (Lipinski definition) is 6. The van der Waals surface area contributed by atoms with E-state index < -0.39 is 35.5 Å². The summed E-state index contributed by atoms with van der Waals surface area (Å²) in [6.45, 7) is 1.58. The Kier molecular flexibility index (Phi) is 4.32. The van der Waals surface area contributed by atoms with Gasteiger partial charge in [0, 0.05) is 27.7 Å². The second kappa shape index (κ2) is 6.73. The second-order valence-corrected chi connectivity index (χ2v) is 8.83. The molecule has 1 saturated heterocycles. The first kappa shape index (κ1) is 19.9. The summed E-state index contributed by atoms with van der Waals surface area (Å²) in [5, 5.41) is 20.1. The summed E-state index contributed by atoms with van der Waals surface area (Å²) in [4.78, 5) is 51.1. The van der Waals surface area contributed by atoms with Gasteiger partial charge in [0.05, 0.1) is 11.8 Å². The van der Waals surface area contributed by atoms with Crippen molar-refractivity contribution in [2.45, 2.75) is 25.7 Å². The molecule has 5 rings (SSSR count). The van der Waals surface area contributed by atoms with Gasteiger partial charge in [-0.15, -0.1) is 0 Å². The average molecular weight is 440 g/mol. The predicted octanol–water partition coefficient (Wildman–Crippen LogP) is 2.86. The third-order valence-electron chi connectivity index (χ3n) is 6.84. The zero-order valence-corrected chi connectivity index (χ0v) is 17.2. The van der Waals surface area contributed by atoms with Crippen molar-refractivity contribution < 1.29 is 29.5 Å². The number of phenols is 1. The molecule has 8 heteroatoms. The Bertz CT molecular complexity index is 1190. The van der Waals surface area contributed by atoms with Crippen LogP contribution >= 0.6 is 11.6 Å². The van der Waals surface area contributed by atoms with Gasteiger partial charge in [0.15, 0.2) is 11.6 Å². The summed E-state index contributed by atoms with van der Waals surface area (Å²) in [5.41, 5.74) is 2.24. The molecule has 1 aliphatic heterocycles. The van der Waals surface area contributed by atoms with Crippen molar-refractivity contribution in [3.8, 4) is 5.75 Å². The minimum absolute atomic E-state index is 0.0392. The molecule has 7 nitrogen and oxygen atoms in total. The van der Waals surface area contributed by atoms with E-state index in [0.29, 0.717) is 22.3 Å². The minimum Gasteiger partial charge on any atom is -0.508 e. The van der Waals surface area contributed by atoms with E-state index in [1.165, 1.54) is 18.2 Å². The van der Waals surface area contributed by atoms with Crippen molar-refractivity contribution in [3.63, 3.8) is 0 Å². The van der Waals surface area contributed by atoms with Gasteiger partial charge in [-0.25, -0.2) is 0 Å². The van der Waals surface area contributed by atoms with Gasteiger partial charge in [0.25, 0.3) is 11.8 Å². The highest BCUT2D eigenvalue weighted by Crippen LogP contribution is 2.55. The summed E-state index contributed by atoms with van der Waals surface area (Å²) in [5.74, 6) is -4.65. The van der Waals surface area contributed by atoms with E-state index in [-0.39, 0.29) is 40.2 Å². The maximum atomic E-state index is 13.2. The van der Waals surface area contributed by atoms with Crippen LogP contribution < -0.4 is 0 Å². The highest BCUT2D eigenvalue weighted by Gasteiger charge is 2.56. The van der Waals surface area contributed by atoms with Crippen LogP contribution in [0.15, 0.2) is 52.6 Å². The average Bonchev–Trinajstić information content (AvgIpc) is 2.95. The summed E-state index contributed by atoms with van der Waals surface area (Å²) in [6, 6.07) is 4.42. The molecule has 158 valence electrons. The van der Waals surface area contributed by atoms with E-state index >= 15 is 0 Å². The number of fused-ring (bicyclic) bond motifs is 3. The number of benzene rings is 1. The van der Waals surface area contributed by atoms with Crippen molar-refractivity contribution in [3.05, 3.63) is 63.2 Å². The lowest BCUT2D eigenvalue weighted by Gasteiger charge is -2.42. The molecule has 4 atom stereocenters. The van der Waals surface area contributed by atoms with Crippen LogP contribution in [0.3, 0.4) is 0 Å². The number of imide groups is 1. The largest absolute Gasteiger partial charge is 0.508 e. The number of rotatable bonds is 1. The fourth-order valence-electron chi connectivity index (χ4n) is 5.45. The molecular weight excluding hydrogens is 422 g/mol. The minimum atomic E-state index is -0.806. The fraction of sp³-hybridized carbons (Fsp3) is 0.304. The molecule has 0 aromatic heterocycles. The number of ketones is 2. The third kappa shape index (κ3) is 2.70.